The van der Waals surface area contributed by atoms with Gasteiger partial charge in [0, 0.05) is 5.69 Å². The van der Waals surface area contributed by atoms with Gasteiger partial charge in [0.05, 0.1) is 11.6 Å². The first-order valence-electron chi connectivity index (χ1n) is 5.41. The molecule has 1 saturated carbocycles. The molecule has 1 aromatic carbocycles. The Morgan fingerprint density at radius 3 is 2.82 bits per heavy atom. The predicted octanol–water partition coefficient (Wildman–Crippen LogP) is 2.95. The highest BCUT2D eigenvalue weighted by Crippen LogP contribution is 2.35. The smallest absolute Gasteiger partial charge is 0.328 e. The number of hydrogen-bond donors (Lipinski definition) is 1. The van der Waals surface area contributed by atoms with Gasteiger partial charge in [-0.3, -0.25) is 0 Å². The van der Waals surface area contributed by atoms with Crippen LogP contribution >= 0.6 is 15.9 Å². The Hall–Kier alpha value is -1.10. The number of hydrogen-bond acceptors (Lipinski definition) is 3. The van der Waals surface area contributed by atoms with Crippen molar-refractivity contribution in [3.8, 4) is 0 Å². The maximum Gasteiger partial charge on any atom is 0.328 e. The van der Waals surface area contributed by atoms with Gasteiger partial charge < -0.3 is 10.1 Å². The summed E-state index contributed by atoms with van der Waals surface area (Å²) in [5.41, 5.74) is 0.709. The van der Waals surface area contributed by atoms with E-state index >= 15 is 0 Å². The van der Waals surface area contributed by atoms with Gasteiger partial charge in [-0.25, -0.2) is 9.18 Å². The number of anilines is 1. The molecule has 1 fully saturated rings. The number of ether oxygens (including phenoxy) is 1. The summed E-state index contributed by atoms with van der Waals surface area (Å²) in [7, 11) is 1.37. The van der Waals surface area contributed by atoms with Crippen molar-refractivity contribution < 1.29 is 13.9 Å². The lowest BCUT2D eigenvalue weighted by atomic mass is 10.1. The van der Waals surface area contributed by atoms with Crippen LogP contribution in [0.3, 0.4) is 0 Å². The molecule has 2 rings (SSSR count). The third-order valence-corrected chi connectivity index (χ3v) is 3.40. The molecule has 0 bridgehead atoms. The zero-order chi connectivity index (χ0) is 12.4. The van der Waals surface area contributed by atoms with Crippen LogP contribution < -0.4 is 5.32 Å². The van der Waals surface area contributed by atoms with Crippen molar-refractivity contribution in [3.05, 3.63) is 28.5 Å². The van der Waals surface area contributed by atoms with Crippen LogP contribution in [0.5, 0.6) is 0 Å². The van der Waals surface area contributed by atoms with Gasteiger partial charge in [0.2, 0.25) is 0 Å². The highest BCUT2D eigenvalue weighted by molar-refractivity contribution is 9.10. The highest BCUT2D eigenvalue weighted by atomic mass is 79.9. The van der Waals surface area contributed by atoms with Gasteiger partial charge in [0.1, 0.15) is 11.9 Å². The number of methoxy groups -OCH3 is 1. The van der Waals surface area contributed by atoms with Crippen molar-refractivity contribution in [1.29, 1.82) is 0 Å². The Morgan fingerprint density at radius 2 is 2.29 bits per heavy atom. The van der Waals surface area contributed by atoms with Crippen LogP contribution in [-0.2, 0) is 9.53 Å². The summed E-state index contributed by atoms with van der Waals surface area (Å²) in [6.07, 6.45) is 2.05. The molecule has 1 aliphatic carbocycles. The average molecular weight is 302 g/mol. The monoisotopic (exact) mass is 301 g/mol. The van der Waals surface area contributed by atoms with Gasteiger partial charge in [-0.05, 0) is 52.9 Å². The molecule has 5 heteroatoms. The van der Waals surface area contributed by atoms with Gasteiger partial charge in [0.25, 0.3) is 0 Å². The summed E-state index contributed by atoms with van der Waals surface area (Å²) >= 11 is 3.11. The largest absolute Gasteiger partial charge is 0.467 e. The molecule has 17 heavy (non-hydrogen) atoms. The summed E-state index contributed by atoms with van der Waals surface area (Å²) in [6, 6.07) is 4.25. The minimum Gasteiger partial charge on any atom is -0.467 e. The Bertz CT molecular complexity index is 435. The van der Waals surface area contributed by atoms with E-state index in [4.69, 9.17) is 4.74 Å². The van der Waals surface area contributed by atoms with Crippen LogP contribution in [0.15, 0.2) is 22.7 Å². The molecule has 1 aliphatic rings. The van der Waals surface area contributed by atoms with Crippen LogP contribution in [-0.4, -0.2) is 19.1 Å². The molecule has 1 unspecified atom stereocenters. The molecule has 0 saturated heterocycles. The second-order valence-corrected chi connectivity index (χ2v) is 4.97. The van der Waals surface area contributed by atoms with Gasteiger partial charge in [-0.15, -0.1) is 0 Å². The molecular weight excluding hydrogens is 289 g/mol. The van der Waals surface area contributed by atoms with Crippen molar-refractivity contribution >= 4 is 27.6 Å². The van der Waals surface area contributed by atoms with Crippen molar-refractivity contribution in [1.82, 2.24) is 0 Å². The van der Waals surface area contributed by atoms with Crippen LogP contribution in [0.2, 0.25) is 0 Å². The molecule has 0 radical (unpaired) electrons. The van der Waals surface area contributed by atoms with E-state index in [1.165, 1.54) is 13.2 Å². The first kappa shape index (κ1) is 12.4. The Balaban J connectivity index is 2.11. The summed E-state index contributed by atoms with van der Waals surface area (Å²) in [6.45, 7) is 0. The van der Waals surface area contributed by atoms with Crippen LogP contribution in [0, 0.1) is 11.7 Å². The number of nitrogens with one attached hydrogen (secondary N) is 1. The number of halogens is 2. The number of carbonyl (C=O) groups is 1. The minimum atomic E-state index is -0.336. The van der Waals surface area contributed by atoms with Crippen LogP contribution in [0.4, 0.5) is 10.1 Å². The number of esters is 1. The summed E-state index contributed by atoms with van der Waals surface area (Å²) < 4.78 is 18.2. The fourth-order valence-corrected chi connectivity index (χ4v) is 2.07. The molecule has 0 aromatic heterocycles. The second-order valence-electron chi connectivity index (χ2n) is 4.11. The fourth-order valence-electron chi connectivity index (χ4n) is 1.69. The second kappa shape index (κ2) is 5.04. The van der Waals surface area contributed by atoms with E-state index in [0.717, 1.165) is 12.8 Å². The highest BCUT2D eigenvalue weighted by Gasteiger charge is 2.36. The first-order chi connectivity index (χ1) is 8.11. The molecule has 3 nitrogen and oxygen atoms in total. The van der Waals surface area contributed by atoms with E-state index in [-0.39, 0.29) is 17.8 Å². The lowest BCUT2D eigenvalue weighted by Crippen LogP contribution is -2.32. The normalized spacial score (nSPS) is 16.4. The molecule has 1 N–H and O–H groups in total. The Labute approximate surface area is 107 Å². The molecule has 92 valence electrons. The summed E-state index contributed by atoms with van der Waals surface area (Å²) in [5.74, 6) is -0.268. The summed E-state index contributed by atoms with van der Waals surface area (Å²) in [4.78, 5) is 11.6. The quantitative estimate of drug-likeness (QED) is 0.869. The van der Waals surface area contributed by atoms with E-state index in [9.17, 15) is 9.18 Å². The van der Waals surface area contributed by atoms with E-state index in [1.807, 2.05) is 0 Å². The van der Waals surface area contributed by atoms with E-state index < -0.39 is 0 Å². The topological polar surface area (TPSA) is 38.3 Å². The van der Waals surface area contributed by atoms with Crippen molar-refractivity contribution in [2.75, 3.05) is 12.4 Å². The first-order valence-corrected chi connectivity index (χ1v) is 6.20. The van der Waals surface area contributed by atoms with E-state index in [0.29, 0.717) is 16.1 Å². The standard InChI is InChI=1S/C12H13BrFNO2/c1-17-12(16)11(7-2-3-7)15-8-4-5-10(14)9(13)6-8/h4-7,11,15H,2-3H2,1H3. The molecule has 1 atom stereocenters. The molecule has 0 spiro atoms. The van der Waals surface area contributed by atoms with Crippen molar-refractivity contribution in [2.45, 2.75) is 18.9 Å². The summed E-state index contributed by atoms with van der Waals surface area (Å²) in [5, 5.41) is 3.09. The van der Waals surface area contributed by atoms with Gasteiger partial charge >= 0.3 is 5.97 Å². The van der Waals surface area contributed by atoms with E-state index in [1.54, 1.807) is 12.1 Å². The van der Waals surface area contributed by atoms with Crippen LogP contribution in [0.25, 0.3) is 0 Å². The number of rotatable bonds is 4. The zero-order valence-corrected chi connectivity index (χ0v) is 11.0. The molecule has 0 heterocycles. The lowest BCUT2D eigenvalue weighted by molar-refractivity contribution is -0.142. The Kier molecular flexibility index (Phi) is 3.66. The van der Waals surface area contributed by atoms with E-state index in [2.05, 4.69) is 21.2 Å². The fraction of sp³-hybridized carbons (Fsp3) is 0.417. The third kappa shape index (κ3) is 2.97. The zero-order valence-electron chi connectivity index (χ0n) is 9.37. The predicted molar refractivity (Wildman–Crippen MR) is 66.3 cm³/mol. The molecular formula is C12H13BrFNO2. The average Bonchev–Trinajstić information content (AvgIpc) is 3.13. The van der Waals surface area contributed by atoms with Crippen molar-refractivity contribution in [3.63, 3.8) is 0 Å². The molecule has 0 amide bonds. The SMILES string of the molecule is COC(=O)C(Nc1ccc(F)c(Br)c1)C1CC1. The molecule has 0 aliphatic heterocycles. The lowest BCUT2D eigenvalue weighted by Gasteiger charge is -2.17. The maximum atomic E-state index is 13.1. The number of benzene rings is 1. The van der Waals surface area contributed by atoms with Crippen molar-refractivity contribution in [2.24, 2.45) is 5.92 Å². The number of carbonyl (C=O) groups excluding carboxylic acids is 1. The van der Waals surface area contributed by atoms with Crippen LogP contribution in [0.1, 0.15) is 12.8 Å². The minimum absolute atomic E-state index is 0.270. The Morgan fingerprint density at radius 1 is 1.59 bits per heavy atom. The van der Waals surface area contributed by atoms with Gasteiger partial charge in [-0.2, -0.15) is 0 Å². The third-order valence-electron chi connectivity index (χ3n) is 2.79. The maximum absolute atomic E-state index is 13.1. The van der Waals surface area contributed by atoms with Gasteiger partial charge in [-0.1, -0.05) is 0 Å². The van der Waals surface area contributed by atoms with Gasteiger partial charge in [0.15, 0.2) is 0 Å². The molecule has 1 aromatic rings.